The van der Waals surface area contributed by atoms with Crippen molar-refractivity contribution in [3.8, 4) is 0 Å². The Morgan fingerprint density at radius 1 is 1.04 bits per heavy atom. The van der Waals surface area contributed by atoms with Crippen molar-refractivity contribution in [2.24, 2.45) is 0 Å². The lowest BCUT2D eigenvalue weighted by atomic mass is 10.1. The van der Waals surface area contributed by atoms with Gasteiger partial charge in [-0.05, 0) is 50.1 Å². The molecule has 23 heavy (non-hydrogen) atoms. The minimum Gasteiger partial charge on any atom is -0.365 e. The molecule has 0 saturated heterocycles. The zero-order valence-electron chi connectivity index (χ0n) is 14.3. The quantitative estimate of drug-likeness (QED) is 0.793. The van der Waals surface area contributed by atoms with E-state index < -0.39 is 0 Å². The molecule has 0 aliphatic heterocycles. The second-order valence-corrected chi connectivity index (χ2v) is 6.05. The fourth-order valence-electron chi connectivity index (χ4n) is 2.54. The van der Waals surface area contributed by atoms with Crippen LogP contribution in [0.25, 0.3) is 0 Å². The summed E-state index contributed by atoms with van der Waals surface area (Å²) < 4.78 is 0. The van der Waals surface area contributed by atoms with Crippen LogP contribution < -0.4 is 10.2 Å². The van der Waals surface area contributed by atoms with Gasteiger partial charge in [-0.15, -0.1) is 0 Å². The largest absolute Gasteiger partial charge is 0.365 e. The molecule has 0 aliphatic carbocycles. The normalized spacial score (nSPS) is 10.6. The molecule has 0 fully saturated rings. The van der Waals surface area contributed by atoms with E-state index in [9.17, 15) is 4.79 Å². The molecular formula is C20H26N2O. The van der Waals surface area contributed by atoms with Crippen molar-refractivity contribution in [3.05, 3.63) is 60.2 Å². The molecule has 0 bridgehead atoms. The summed E-state index contributed by atoms with van der Waals surface area (Å²) in [7, 11) is 0. The SMILES string of the molecule is CCCC(=O)Nc1ccc(N(Cc2ccccc2)C(C)C)cc1. The number of amides is 1. The van der Waals surface area contributed by atoms with Crippen molar-refractivity contribution in [3.63, 3.8) is 0 Å². The number of rotatable bonds is 7. The van der Waals surface area contributed by atoms with Gasteiger partial charge in [0.25, 0.3) is 0 Å². The number of carbonyl (C=O) groups excluding carboxylic acids is 1. The van der Waals surface area contributed by atoms with Gasteiger partial charge in [0.05, 0.1) is 0 Å². The lowest BCUT2D eigenvalue weighted by molar-refractivity contribution is -0.116. The summed E-state index contributed by atoms with van der Waals surface area (Å²) >= 11 is 0. The molecule has 1 amide bonds. The van der Waals surface area contributed by atoms with E-state index in [2.05, 4.69) is 60.5 Å². The van der Waals surface area contributed by atoms with Crippen LogP contribution in [-0.2, 0) is 11.3 Å². The maximum Gasteiger partial charge on any atom is 0.224 e. The molecule has 122 valence electrons. The van der Waals surface area contributed by atoms with Gasteiger partial charge in [-0.3, -0.25) is 4.79 Å². The van der Waals surface area contributed by atoms with Gasteiger partial charge in [-0.2, -0.15) is 0 Å². The van der Waals surface area contributed by atoms with Gasteiger partial charge < -0.3 is 10.2 Å². The summed E-state index contributed by atoms with van der Waals surface area (Å²) in [4.78, 5) is 14.0. The highest BCUT2D eigenvalue weighted by Crippen LogP contribution is 2.22. The monoisotopic (exact) mass is 310 g/mol. The van der Waals surface area contributed by atoms with E-state index in [0.717, 1.165) is 24.3 Å². The van der Waals surface area contributed by atoms with E-state index in [4.69, 9.17) is 0 Å². The standard InChI is InChI=1S/C20H26N2O/c1-4-8-20(23)21-18-11-13-19(14-12-18)22(16(2)3)15-17-9-6-5-7-10-17/h5-7,9-14,16H,4,8,15H2,1-3H3,(H,21,23). The lowest BCUT2D eigenvalue weighted by Gasteiger charge is -2.29. The molecule has 0 atom stereocenters. The van der Waals surface area contributed by atoms with Crippen LogP contribution >= 0.6 is 0 Å². The van der Waals surface area contributed by atoms with E-state index in [1.807, 2.05) is 25.1 Å². The van der Waals surface area contributed by atoms with E-state index >= 15 is 0 Å². The topological polar surface area (TPSA) is 32.3 Å². The van der Waals surface area contributed by atoms with Crippen molar-refractivity contribution in [1.82, 2.24) is 0 Å². The molecule has 0 saturated carbocycles. The molecule has 2 aromatic rings. The first-order valence-corrected chi connectivity index (χ1v) is 8.30. The first-order valence-electron chi connectivity index (χ1n) is 8.30. The molecular weight excluding hydrogens is 284 g/mol. The molecule has 2 aromatic carbocycles. The van der Waals surface area contributed by atoms with Crippen LogP contribution in [0.1, 0.15) is 39.2 Å². The second-order valence-electron chi connectivity index (χ2n) is 6.05. The van der Waals surface area contributed by atoms with Gasteiger partial charge in [0, 0.05) is 30.4 Å². The zero-order chi connectivity index (χ0) is 16.7. The number of benzene rings is 2. The van der Waals surface area contributed by atoms with Gasteiger partial charge in [-0.25, -0.2) is 0 Å². The van der Waals surface area contributed by atoms with Crippen LogP contribution in [0.2, 0.25) is 0 Å². The molecule has 0 spiro atoms. The van der Waals surface area contributed by atoms with Gasteiger partial charge in [-0.1, -0.05) is 37.3 Å². The number of hydrogen-bond donors (Lipinski definition) is 1. The summed E-state index contributed by atoms with van der Waals surface area (Å²) in [5.74, 6) is 0.0743. The molecule has 0 radical (unpaired) electrons. The highest BCUT2D eigenvalue weighted by Gasteiger charge is 2.11. The van der Waals surface area contributed by atoms with E-state index in [-0.39, 0.29) is 5.91 Å². The summed E-state index contributed by atoms with van der Waals surface area (Å²) in [5.41, 5.74) is 3.31. The van der Waals surface area contributed by atoms with Crippen molar-refractivity contribution in [1.29, 1.82) is 0 Å². The molecule has 1 N–H and O–H groups in total. The molecule has 0 aliphatic rings. The minimum atomic E-state index is 0.0743. The Morgan fingerprint density at radius 2 is 1.70 bits per heavy atom. The van der Waals surface area contributed by atoms with Crippen molar-refractivity contribution in [2.45, 2.75) is 46.2 Å². The summed E-state index contributed by atoms with van der Waals surface area (Å²) in [5, 5.41) is 2.93. The van der Waals surface area contributed by atoms with Crippen molar-refractivity contribution < 1.29 is 4.79 Å². The van der Waals surface area contributed by atoms with E-state index in [1.54, 1.807) is 0 Å². The van der Waals surface area contributed by atoms with Crippen LogP contribution in [0.5, 0.6) is 0 Å². The average Bonchev–Trinajstić information content (AvgIpc) is 2.54. The third kappa shape index (κ3) is 5.13. The number of carbonyl (C=O) groups is 1. The summed E-state index contributed by atoms with van der Waals surface area (Å²) in [6.07, 6.45) is 1.43. The molecule has 0 unspecified atom stereocenters. The first kappa shape index (κ1) is 17.1. The lowest BCUT2D eigenvalue weighted by Crippen LogP contribution is -2.30. The number of nitrogens with one attached hydrogen (secondary N) is 1. The Bertz CT molecular complexity index is 605. The average molecular weight is 310 g/mol. The molecule has 3 heteroatoms. The number of hydrogen-bond acceptors (Lipinski definition) is 2. The third-order valence-corrected chi connectivity index (χ3v) is 3.78. The summed E-state index contributed by atoms with van der Waals surface area (Å²) in [6, 6.07) is 19.0. The fourth-order valence-corrected chi connectivity index (χ4v) is 2.54. The zero-order valence-corrected chi connectivity index (χ0v) is 14.3. The van der Waals surface area contributed by atoms with Gasteiger partial charge in [0.2, 0.25) is 5.91 Å². The van der Waals surface area contributed by atoms with Gasteiger partial charge >= 0.3 is 0 Å². The maximum atomic E-state index is 11.7. The van der Waals surface area contributed by atoms with E-state index in [1.165, 1.54) is 5.56 Å². The van der Waals surface area contributed by atoms with Gasteiger partial charge in [0.15, 0.2) is 0 Å². The highest BCUT2D eigenvalue weighted by atomic mass is 16.1. The molecule has 3 nitrogen and oxygen atoms in total. The predicted molar refractivity (Wildman–Crippen MR) is 97.7 cm³/mol. The number of anilines is 2. The predicted octanol–water partition coefficient (Wildman–Crippen LogP) is 4.84. The Morgan fingerprint density at radius 3 is 2.26 bits per heavy atom. The molecule has 0 heterocycles. The molecule has 2 rings (SSSR count). The summed E-state index contributed by atoms with van der Waals surface area (Å²) in [6.45, 7) is 7.27. The Kier molecular flexibility index (Phi) is 6.21. The minimum absolute atomic E-state index is 0.0743. The Labute approximate surface area is 139 Å². The second kappa shape index (κ2) is 8.37. The first-order chi connectivity index (χ1) is 11.1. The maximum absolute atomic E-state index is 11.7. The van der Waals surface area contributed by atoms with Crippen LogP contribution in [0.4, 0.5) is 11.4 Å². The van der Waals surface area contributed by atoms with Crippen molar-refractivity contribution >= 4 is 17.3 Å². The van der Waals surface area contributed by atoms with Crippen molar-refractivity contribution in [2.75, 3.05) is 10.2 Å². The van der Waals surface area contributed by atoms with Crippen LogP contribution in [0, 0.1) is 0 Å². The highest BCUT2D eigenvalue weighted by molar-refractivity contribution is 5.90. The fraction of sp³-hybridized carbons (Fsp3) is 0.350. The van der Waals surface area contributed by atoms with Gasteiger partial charge in [0.1, 0.15) is 0 Å². The van der Waals surface area contributed by atoms with E-state index in [0.29, 0.717) is 12.5 Å². The Balaban J connectivity index is 2.09. The van der Waals surface area contributed by atoms with Crippen LogP contribution in [-0.4, -0.2) is 11.9 Å². The smallest absolute Gasteiger partial charge is 0.224 e. The van der Waals surface area contributed by atoms with Crippen LogP contribution in [0.15, 0.2) is 54.6 Å². The van der Waals surface area contributed by atoms with Crippen LogP contribution in [0.3, 0.4) is 0 Å². The third-order valence-electron chi connectivity index (χ3n) is 3.78. The Hall–Kier alpha value is -2.29. The molecule has 0 aromatic heterocycles. The number of nitrogens with zero attached hydrogens (tertiary/aromatic N) is 1.